The predicted molar refractivity (Wildman–Crippen MR) is 90.7 cm³/mol. The molecule has 1 atom stereocenters. The number of anilines is 2. The Morgan fingerprint density at radius 3 is 2.67 bits per heavy atom. The van der Waals surface area contributed by atoms with E-state index >= 15 is 0 Å². The number of nitrogens with one attached hydrogen (secondary N) is 2. The maximum Gasteiger partial charge on any atom is 0.227 e. The Kier molecular flexibility index (Phi) is 5.95. The average molecular weight is 330 g/mol. The van der Waals surface area contributed by atoms with Crippen LogP contribution in [0.2, 0.25) is 0 Å². The SMILES string of the molecule is COCCOc1cnc(Nc2ccc(C3CNCCO3)cc2)nc1. The Morgan fingerprint density at radius 1 is 1.21 bits per heavy atom. The van der Waals surface area contributed by atoms with Crippen LogP contribution in [0.15, 0.2) is 36.7 Å². The molecule has 0 spiro atoms. The maximum absolute atomic E-state index is 5.75. The quantitative estimate of drug-likeness (QED) is 0.751. The number of hydrogen-bond donors (Lipinski definition) is 2. The summed E-state index contributed by atoms with van der Waals surface area (Å²) in [5.41, 5.74) is 2.09. The Hall–Kier alpha value is -2.22. The molecule has 7 heteroatoms. The zero-order chi connectivity index (χ0) is 16.6. The molecule has 1 fully saturated rings. The number of methoxy groups -OCH3 is 1. The van der Waals surface area contributed by atoms with E-state index in [1.54, 1.807) is 19.5 Å². The highest BCUT2D eigenvalue weighted by molar-refractivity contribution is 5.53. The molecule has 3 rings (SSSR count). The Balaban J connectivity index is 1.55. The lowest BCUT2D eigenvalue weighted by atomic mass is 10.1. The Morgan fingerprint density at radius 2 is 2.00 bits per heavy atom. The summed E-state index contributed by atoms with van der Waals surface area (Å²) in [5.74, 6) is 1.15. The van der Waals surface area contributed by atoms with Crippen LogP contribution in [0.1, 0.15) is 11.7 Å². The first kappa shape index (κ1) is 16.6. The van der Waals surface area contributed by atoms with Crippen molar-refractivity contribution in [3.05, 3.63) is 42.2 Å². The summed E-state index contributed by atoms with van der Waals surface area (Å²) in [6, 6.07) is 8.11. The smallest absolute Gasteiger partial charge is 0.227 e. The fourth-order valence-corrected chi connectivity index (χ4v) is 2.39. The zero-order valence-electron chi connectivity index (χ0n) is 13.7. The second kappa shape index (κ2) is 8.58. The van der Waals surface area contributed by atoms with Gasteiger partial charge in [-0.25, -0.2) is 9.97 Å². The molecule has 1 aromatic heterocycles. The fraction of sp³-hybridized carbons (Fsp3) is 0.412. The molecule has 1 saturated heterocycles. The minimum Gasteiger partial charge on any atom is -0.488 e. The van der Waals surface area contributed by atoms with Crippen LogP contribution < -0.4 is 15.4 Å². The van der Waals surface area contributed by atoms with E-state index in [-0.39, 0.29) is 6.10 Å². The van der Waals surface area contributed by atoms with Crippen molar-refractivity contribution in [1.82, 2.24) is 15.3 Å². The average Bonchev–Trinajstić information content (AvgIpc) is 2.65. The Labute approximate surface area is 141 Å². The van der Waals surface area contributed by atoms with Crippen LogP contribution in [0.4, 0.5) is 11.6 Å². The van der Waals surface area contributed by atoms with Crippen molar-refractivity contribution < 1.29 is 14.2 Å². The van der Waals surface area contributed by atoms with E-state index in [0.717, 1.165) is 30.9 Å². The second-order valence-corrected chi connectivity index (χ2v) is 5.39. The van der Waals surface area contributed by atoms with Gasteiger partial charge in [0.1, 0.15) is 6.61 Å². The summed E-state index contributed by atoms with van der Waals surface area (Å²) in [6.07, 6.45) is 3.40. The molecule has 1 aliphatic heterocycles. The third-order valence-corrected chi connectivity index (χ3v) is 3.65. The lowest BCUT2D eigenvalue weighted by molar-refractivity contribution is 0.0277. The summed E-state index contributed by atoms with van der Waals surface area (Å²) in [5, 5.41) is 6.50. The molecule has 0 aliphatic carbocycles. The monoisotopic (exact) mass is 330 g/mol. The van der Waals surface area contributed by atoms with Gasteiger partial charge in [0.25, 0.3) is 0 Å². The standard InChI is InChI=1S/C17H22N4O3/c1-22-8-9-23-15-10-19-17(20-11-15)21-14-4-2-13(3-5-14)16-12-18-6-7-24-16/h2-5,10-11,16,18H,6-9,12H2,1H3,(H,19,20,21). The molecule has 128 valence electrons. The van der Waals surface area contributed by atoms with Crippen LogP contribution in [0.3, 0.4) is 0 Å². The van der Waals surface area contributed by atoms with Gasteiger partial charge in [-0.15, -0.1) is 0 Å². The number of hydrogen-bond acceptors (Lipinski definition) is 7. The summed E-state index contributed by atoms with van der Waals surface area (Å²) >= 11 is 0. The zero-order valence-corrected chi connectivity index (χ0v) is 13.7. The summed E-state index contributed by atoms with van der Waals surface area (Å²) in [4.78, 5) is 8.48. The minimum absolute atomic E-state index is 0.118. The van der Waals surface area contributed by atoms with Crippen LogP contribution in [-0.2, 0) is 9.47 Å². The molecular weight excluding hydrogens is 308 g/mol. The largest absolute Gasteiger partial charge is 0.488 e. The number of aromatic nitrogens is 2. The van der Waals surface area contributed by atoms with Crippen molar-refractivity contribution in [3.63, 3.8) is 0 Å². The molecular formula is C17H22N4O3. The third-order valence-electron chi connectivity index (χ3n) is 3.65. The topological polar surface area (TPSA) is 77.5 Å². The molecule has 0 amide bonds. The number of rotatable bonds is 7. The lowest BCUT2D eigenvalue weighted by Crippen LogP contribution is -2.33. The van der Waals surface area contributed by atoms with Crippen LogP contribution in [0.5, 0.6) is 5.75 Å². The van der Waals surface area contributed by atoms with E-state index in [4.69, 9.17) is 14.2 Å². The number of benzene rings is 1. The van der Waals surface area contributed by atoms with E-state index < -0.39 is 0 Å². The van der Waals surface area contributed by atoms with Gasteiger partial charge in [-0.3, -0.25) is 0 Å². The van der Waals surface area contributed by atoms with Crippen molar-refractivity contribution >= 4 is 11.6 Å². The van der Waals surface area contributed by atoms with Crippen molar-refractivity contribution in [2.75, 3.05) is 45.3 Å². The Bertz CT molecular complexity index is 613. The third kappa shape index (κ3) is 4.64. The maximum atomic E-state index is 5.75. The van der Waals surface area contributed by atoms with Gasteiger partial charge in [-0.2, -0.15) is 0 Å². The predicted octanol–water partition coefficient (Wildman–Crippen LogP) is 1.91. The van der Waals surface area contributed by atoms with Gasteiger partial charge in [-0.05, 0) is 17.7 Å². The van der Waals surface area contributed by atoms with Crippen LogP contribution in [0.25, 0.3) is 0 Å². The first-order chi connectivity index (χ1) is 11.8. The normalized spacial score (nSPS) is 17.5. The van der Waals surface area contributed by atoms with E-state index in [9.17, 15) is 0 Å². The van der Waals surface area contributed by atoms with Gasteiger partial charge >= 0.3 is 0 Å². The molecule has 0 radical (unpaired) electrons. The van der Waals surface area contributed by atoms with Crippen LogP contribution in [-0.4, -0.2) is 50.0 Å². The molecule has 2 aromatic rings. The molecule has 24 heavy (non-hydrogen) atoms. The van der Waals surface area contributed by atoms with E-state index in [1.165, 1.54) is 0 Å². The van der Waals surface area contributed by atoms with E-state index in [1.807, 2.05) is 12.1 Å². The molecule has 7 nitrogen and oxygen atoms in total. The first-order valence-corrected chi connectivity index (χ1v) is 7.98. The molecule has 1 aliphatic rings. The molecule has 1 unspecified atom stereocenters. The highest BCUT2D eigenvalue weighted by Gasteiger charge is 2.15. The molecule has 2 heterocycles. The first-order valence-electron chi connectivity index (χ1n) is 7.98. The van der Waals surface area contributed by atoms with Gasteiger partial charge in [0, 0.05) is 25.9 Å². The van der Waals surface area contributed by atoms with Gasteiger partial charge in [0.05, 0.1) is 31.7 Å². The summed E-state index contributed by atoms with van der Waals surface area (Å²) < 4.78 is 16.1. The molecule has 0 saturated carbocycles. The van der Waals surface area contributed by atoms with Gasteiger partial charge < -0.3 is 24.8 Å². The van der Waals surface area contributed by atoms with Crippen LogP contribution >= 0.6 is 0 Å². The highest BCUT2D eigenvalue weighted by Crippen LogP contribution is 2.22. The number of morpholine rings is 1. The van der Waals surface area contributed by atoms with Crippen molar-refractivity contribution in [2.24, 2.45) is 0 Å². The molecule has 1 aromatic carbocycles. The lowest BCUT2D eigenvalue weighted by Gasteiger charge is -2.24. The van der Waals surface area contributed by atoms with Crippen LogP contribution in [0, 0.1) is 0 Å². The van der Waals surface area contributed by atoms with E-state index in [2.05, 4.69) is 32.7 Å². The van der Waals surface area contributed by atoms with Crippen molar-refractivity contribution in [1.29, 1.82) is 0 Å². The fourth-order valence-electron chi connectivity index (χ4n) is 2.39. The number of nitrogens with zero attached hydrogens (tertiary/aromatic N) is 2. The van der Waals surface area contributed by atoms with Gasteiger partial charge in [0.2, 0.25) is 5.95 Å². The van der Waals surface area contributed by atoms with Gasteiger partial charge in [-0.1, -0.05) is 12.1 Å². The molecule has 0 bridgehead atoms. The summed E-state index contributed by atoms with van der Waals surface area (Å²) in [6.45, 7) is 3.52. The highest BCUT2D eigenvalue weighted by atomic mass is 16.5. The molecule has 2 N–H and O–H groups in total. The second-order valence-electron chi connectivity index (χ2n) is 5.39. The number of ether oxygens (including phenoxy) is 3. The van der Waals surface area contributed by atoms with E-state index in [0.29, 0.717) is 24.9 Å². The van der Waals surface area contributed by atoms with Crippen molar-refractivity contribution in [2.45, 2.75) is 6.10 Å². The minimum atomic E-state index is 0.118. The summed E-state index contributed by atoms with van der Waals surface area (Å²) in [7, 11) is 1.63. The van der Waals surface area contributed by atoms with Crippen molar-refractivity contribution in [3.8, 4) is 5.75 Å². The van der Waals surface area contributed by atoms with Gasteiger partial charge in [0.15, 0.2) is 5.75 Å².